The summed E-state index contributed by atoms with van der Waals surface area (Å²) in [6.07, 6.45) is 0. The number of rotatable bonds is 3. The van der Waals surface area contributed by atoms with Gasteiger partial charge in [0.1, 0.15) is 6.07 Å². The molecule has 0 amide bonds. The summed E-state index contributed by atoms with van der Waals surface area (Å²) in [6.45, 7) is 0. The highest BCUT2D eigenvalue weighted by molar-refractivity contribution is 6.28. The molecular weight excluding hydrogens is 254 g/mol. The van der Waals surface area contributed by atoms with Crippen molar-refractivity contribution in [2.45, 2.75) is 0 Å². The fraction of sp³-hybridized carbons (Fsp3) is 0.0909. The van der Waals surface area contributed by atoms with Crippen molar-refractivity contribution in [1.29, 1.82) is 5.26 Å². The number of ether oxygens (including phenoxy) is 1. The van der Waals surface area contributed by atoms with Crippen molar-refractivity contribution in [3.63, 3.8) is 0 Å². The Bertz CT molecular complexity index is 611. The lowest BCUT2D eigenvalue weighted by Gasteiger charge is -2.07. The van der Waals surface area contributed by atoms with Crippen LogP contribution in [0, 0.1) is 11.3 Å². The Morgan fingerprint density at radius 3 is 2.78 bits per heavy atom. The van der Waals surface area contributed by atoms with Gasteiger partial charge in [0.05, 0.1) is 18.4 Å². The molecule has 90 valence electrons. The van der Waals surface area contributed by atoms with Gasteiger partial charge in [0.25, 0.3) is 0 Å². The quantitative estimate of drug-likeness (QED) is 0.911. The number of halogens is 1. The van der Waals surface area contributed by atoms with Crippen LogP contribution in [0.25, 0.3) is 0 Å². The fourth-order valence-electron chi connectivity index (χ4n) is 1.29. The van der Waals surface area contributed by atoms with Crippen LogP contribution in [0.3, 0.4) is 0 Å². The molecule has 18 heavy (non-hydrogen) atoms. The first-order chi connectivity index (χ1) is 8.72. The number of anilines is 2. The zero-order valence-electron chi connectivity index (χ0n) is 9.38. The normalized spacial score (nSPS) is 9.61. The maximum atomic E-state index is 8.96. The fourth-order valence-corrected chi connectivity index (χ4v) is 1.44. The Hall–Kier alpha value is -2.39. The molecule has 1 heterocycles. The molecule has 0 atom stereocenters. The third-order valence-corrected chi connectivity index (χ3v) is 2.23. The van der Waals surface area contributed by atoms with E-state index in [0.29, 0.717) is 11.3 Å². The van der Waals surface area contributed by atoms with Gasteiger partial charge in [-0.2, -0.15) is 20.2 Å². The number of nitriles is 1. The molecule has 0 saturated heterocycles. The summed E-state index contributed by atoms with van der Waals surface area (Å²) >= 11 is 5.72. The molecule has 1 N–H and O–H groups in total. The molecule has 0 aliphatic rings. The van der Waals surface area contributed by atoms with Crippen LogP contribution in [0.1, 0.15) is 5.56 Å². The second-order valence-corrected chi connectivity index (χ2v) is 3.54. The first-order valence-corrected chi connectivity index (χ1v) is 5.32. The van der Waals surface area contributed by atoms with Gasteiger partial charge in [-0.15, -0.1) is 0 Å². The lowest BCUT2D eigenvalue weighted by molar-refractivity contribution is 0.379. The van der Waals surface area contributed by atoms with E-state index >= 15 is 0 Å². The third-order valence-electron chi connectivity index (χ3n) is 2.06. The maximum absolute atomic E-state index is 8.96. The predicted octanol–water partition coefficient (Wildman–Crippen LogP) is 2.15. The van der Waals surface area contributed by atoms with E-state index in [1.807, 2.05) is 0 Å². The van der Waals surface area contributed by atoms with Gasteiger partial charge in [-0.3, -0.25) is 0 Å². The third kappa shape index (κ3) is 2.64. The van der Waals surface area contributed by atoms with Crippen molar-refractivity contribution in [1.82, 2.24) is 15.0 Å². The minimum absolute atomic E-state index is 0.0128. The molecule has 0 fully saturated rings. The number of nitrogens with zero attached hydrogens (tertiary/aromatic N) is 4. The highest BCUT2D eigenvalue weighted by Gasteiger charge is 2.07. The van der Waals surface area contributed by atoms with Crippen LogP contribution in [0.2, 0.25) is 5.28 Å². The summed E-state index contributed by atoms with van der Waals surface area (Å²) < 4.78 is 4.88. The lowest BCUT2D eigenvalue weighted by Crippen LogP contribution is -2.02. The van der Waals surface area contributed by atoms with Crippen molar-refractivity contribution < 1.29 is 4.74 Å². The largest absolute Gasteiger partial charge is 0.467 e. The number of aromatic nitrogens is 3. The van der Waals surface area contributed by atoms with Crippen molar-refractivity contribution in [3.8, 4) is 12.1 Å². The van der Waals surface area contributed by atoms with Crippen LogP contribution < -0.4 is 10.1 Å². The summed E-state index contributed by atoms with van der Waals surface area (Å²) in [5.41, 5.74) is 1.07. The van der Waals surface area contributed by atoms with Crippen LogP contribution in [-0.4, -0.2) is 22.1 Å². The van der Waals surface area contributed by atoms with E-state index in [-0.39, 0.29) is 17.2 Å². The molecule has 0 radical (unpaired) electrons. The molecule has 0 aliphatic heterocycles. The molecule has 0 unspecified atom stereocenters. The van der Waals surface area contributed by atoms with Gasteiger partial charge >= 0.3 is 6.01 Å². The Balaban J connectivity index is 2.34. The van der Waals surface area contributed by atoms with Gasteiger partial charge in [0, 0.05) is 0 Å². The number of hydrogen-bond donors (Lipinski definition) is 1. The maximum Gasteiger partial charge on any atom is 0.322 e. The van der Waals surface area contributed by atoms with E-state index in [9.17, 15) is 0 Å². The number of methoxy groups -OCH3 is 1. The molecule has 0 bridgehead atoms. The lowest BCUT2D eigenvalue weighted by atomic mass is 10.2. The highest BCUT2D eigenvalue weighted by atomic mass is 35.5. The smallest absolute Gasteiger partial charge is 0.322 e. The zero-order valence-corrected chi connectivity index (χ0v) is 10.1. The van der Waals surface area contributed by atoms with Crippen LogP contribution in [0.5, 0.6) is 6.01 Å². The molecule has 2 rings (SSSR count). The van der Waals surface area contributed by atoms with E-state index in [2.05, 4.69) is 26.3 Å². The summed E-state index contributed by atoms with van der Waals surface area (Å²) in [4.78, 5) is 11.6. The van der Waals surface area contributed by atoms with Gasteiger partial charge in [-0.05, 0) is 23.7 Å². The van der Waals surface area contributed by atoms with Crippen LogP contribution in [0.15, 0.2) is 24.3 Å². The van der Waals surface area contributed by atoms with Gasteiger partial charge in [0.15, 0.2) is 0 Å². The monoisotopic (exact) mass is 261 g/mol. The van der Waals surface area contributed by atoms with Crippen molar-refractivity contribution in [2.24, 2.45) is 0 Å². The molecule has 2 aromatic rings. The number of nitrogens with one attached hydrogen (secondary N) is 1. The van der Waals surface area contributed by atoms with E-state index < -0.39 is 0 Å². The minimum atomic E-state index is 0.0128. The summed E-state index contributed by atoms with van der Waals surface area (Å²) in [7, 11) is 1.43. The van der Waals surface area contributed by atoms with Gasteiger partial charge < -0.3 is 10.1 Å². The van der Waals surface area contributed by atoms with Crippen LogP contribution >= 0.6 is 11.6 Å². The standard InChI is InChI=1S/C11H8ClN5O/c1-18-11-16-9(12)15-10(17-11)14-8-5-3-2-4-7(8)6-13/h2-5H,1H3,(H,14,15,16,17). The predicted molar refractivity (Wildman–Crippen MR) is 65.8 cm³/mol. The zero-order chi connectivity index (χ0) is 13.0. The topological polar surface area (TPSA) is 83.7 Å². The Morgan fingerprint density at radius 2 is 2.06 bits per heavy atom. The second-order valence-electron chi connectivity index (χ2n) is 3.20. The molecule has 7 heteroatoms. The average Bonchev–Trinajstić information content (AvgIpc) is 2.38. The van der Waals surface area contributed by atoms with Gasteiger partial charge in [0.2, 0.25) is 11.2 Å². The first kappa shape index (κ1) is 12.1. The summed E-state index contributed by atoms with van der Waals surface area (Å²) in [5.74, 6) is 0.217. The average molecular weight is 262 g/mol. The molecular formula is C11H8ClN5O. The van der Waals surface area contributed by atoms with Gasteiger partial charge in [-0.1, -0.05) is 12.1 Å². The minimum Gasteiger partial charge on any atom is -0.467 e. The molecule has 0 spiro atoms. The van der Waals surface area contributed by atoms with Crippen molar-refractivity contribution >= 4 is 23.2 Å². The highest BCUT2D eigenvalue weighted by Crippen LogP contribution is 2.19. The number of para-hydroxylation sites is 1. The molecule has 0 saturated carbocycles. The van der Waals surface area contributed by atoms with E-state index in [4.69, 9.17) is 21.6 Å². The Kier molecular flexibility index (Phi) is 3.55. The van der Waals surface area contributed by atoms with E-state index in [0.717, 1.165) is 0 Å². The second kappa shape index (κ2) is 5.29. The summed E-state index contributed by atoms with van der Waals surface area (Å²) in [5, 5.41) is 11.9. The van der Waals surface area contributed by atoms with Crippen LogP contribution in [0.4, 0.5) is 11.6 Å². The summed E-state index contributed by atoms with van der Waals surface area (Å²) in [6, 6.07) is 9.15. The molecule has 1 aromatic heterocycles. The van der Waals surface area contributed by atoms with Crippen LogP contribution in [-0.2, 0) is 0 Å². The van der Waals surface area contributed by atoms with E-state index in [1.54, 1.807) is 24.3 Å². The van der Waals surface area contributed by atoms with Crippen molar-refractivity contribution in [2.75, 3.05) is 12.4 Å². The number of hydrogen-bond acceptors (Lipinski definition) is 6. The molecule has 6 nitrogen and oxygen atoms in total. The molecule has 0 aliphatic carbocycles. The Morgan fingerprint density at radius 1 is 1.28 bits per heavy atom. The Labute approximate surface area is 108 Å². The molecule has 1 aromatic carbocycles. The number of benzene rings is 1. The van der Waals surface area contributed by atoms with E-state index in [1.165, 1.54) is 7.11 Å². The SMILES string of the molecule is COc1nc(Cl)nc(Nc2ccccc2C#N)n1. The van der Waals surface area contributed by atoms with Crippen molar-refractivity contribution in [3.05, 3.63) is 35.1 Å². The first-order valence-electron chi connectivity index (χ1n) is 4.94. The van der Waals surface area contributed by atoms with Gasteiger partial charge in [-0.25, -0.2) is 0 Å².